The number of benzene rings is 1. The van der Waals surface area contributed by atoms with Gasteiger partial charge in [0.15, 0.2) is 0 Å². The first-order valence-electron chi connectivity index (χ1n) is 4.90. The van der Waals surface area contributed by atoms with Gasteiger partial charge >= 0.3 is 35.5 Å². The summed E-state index contributed by atoms with van der Waals surface area (Å²) in [6.45, 7) is 4.06. The van der Waals surface area contributed by atoms with Crippen molar-refractivity contribution < 1.29 is 44.9 Å². The van der Waals surface area contributed by atoms with Crippen LogP contribution in [0.3, 0.4) is 0 Å². The minimum atomic E-state index is -0.693. The second-order valence-corrected chi connectivity index (χ2v) is 3.15. The molecule has 0 unspecified atom stereocenters. The number of unbranched alkanes of at least 4 members (excludes halogenated alkanes) is 1. The monoisotopic (exact) mass is 234 g/mol. The summed E-state index contributed by atoms with van der Waals surface area (Å²) < 4.78 is 0. The van der Waals surface area contributed by atoms with E-state index in [1.54, 1.807) is 0 Å². The van der Waals surface area contributed by atoms with E-state index in [0.29, 0.717) is 6.42 Å². The molecule has 0 radical (unpaired) electrons. The average Bonchev–Trinajstić information content (AvgIpc) is 2.17. The number of rotatable bonds is 3. The number of carboxylic acid groups (broad SMARTS) is 1. The van der Waals surface area contributed by atoms with Gasteiger partial charge in [-0.2, -0.15) is 0 Å². The van der Waals surface area contributed by atoms with Crippen LogP contribution in [0.15, 0.2) is 30.3 Å². The first-order valence-corrected chi connectivity index (χ1v) is 4.90. The fraction of sp³-hybridized carbons (Fsp3) is 0.417. The van der Waals surface area contributed by atoms with E-state index in [1.807, 2.05) is 25.1 Å². The Morgan fingerprint density at radius 2 is 1.75 bits per heavy atom. The van der Waals surface area contributed by atoms with E-state index in [4.69, 9.17) is 5.11 Å². The SMILES string of the molecule is CCCCC(=O)O.Cc1ccccc1.[Na+].[OH-]. The standard InChI is InChI=1S/C7H8.C5H10O2.Na.H2O/c1-7-5-3-2-4-6-7;1-2-3-4-5(6)7;;/h2-6H,1H3;2-4H2,1H3,(H,6,7);;1H2/q;;+1;/p-1. The van der Waals surface area contributed by atoms with E-state index in [0.717, 1.165) is 12.8 Å². The van der Waals surface area contributed by atoms with Crippen LogP contribution < -0.4 is 29.6 Å². The fourth-order valence-corrected chi connectivity index (χ4v) is 0.862. The minimum Gasteiger partial charge on any atom is -0.870 e. The molecule has 86 valence electrons. The fourth-order valence-electron chi connectivity index (χ4n) is 0.862. The molecule has 0 aliphatic rings. The van der Waals surface area contributed by atoms with Crippen molar-refractivity contribution >= 4 is 5.97 Å². The van der Waals surface area contributed by atoms with Crippen molar-refractivity contribution in [2.45, 2.75) is 33.1 Å². The van der Waals surface area contributed by atoms with E-state index in [-0.39, 0.29) is 35.0 Å². The van der Waals surface area contributed by atoms with Crippen LogP contribution in [-0.4, -0.2) is 16.6 Å². The van der Waals surface area contributed by atoms with Crippen LogP contribution in [-0.2, 0) is 4.79 Å². The molecule has 0 bridgehead atoms. The predicted octanol–water partition coefficient (Wildman–Crippen LogP) is 0.0834. The van der Waals surface area contributed by atoms with E-state index in [1.165, 1.54) is 5.56 Å². The first kappa shape index (κ1) is 21.0. The van der Waals surface area contributed by atoms with Crippen molar-refractivity contribution in [2.75, 3.05) is 0 Å². The van der Waals surface area contributed by atoms with Gasteiger partial charge in [0.1, 0.15) is 0 Å². The Kier molecular flexibility index (Phi) is 19.2. The van der Waals surface area contributed by atoms with Crippen LogP contribution in [0.5, 0.6) is 0 Å². The van der Waals surface area contributed by atoms with Gasteiger partial charge in [0.05, 0.1) is 0 Å². The van der Waals surface area contributed by atoms with Gasteiger partial charge in [-0.3, -0.25) is 4.79 Å². The third-order valence-electron chi connectivity index (χ3n) is 1.68. The number of aliphatic carboxylic acids is 1. The molecule has 16 heavy (non-hydrogen) atoms. The van der Waals surface area contributed by atoms with Crippen molar-refractivity contribution in [3.63, 3.8) is 0 Å². The van der Waals surface area contributed by atoms with Gasteiger partial charge in [0.2, 0.25) is 0 Å². The van der Waals surface area contributed by atoms with Gasteiger partial charge < -0.3 is 10.6 Å². The summed E-state index contributed by atoms with van der Waals surface area (Å²) in [5.41, 5.74) is 1.32. The summed E-state index contributed by atoms with van der Waals surface area (Å²) >= 11 is 0. The van der Waals surface area contributed by atoms with Crippen molar-refractivity contribution in [1.82, 2.24) is 0 Å². The molecule has 1 rings (SSSR count). The summed E-state index contributed by atoms with van der Waals surface area (Å²) in [6.07, 6.45) is 2.08. The molecule has 0 atom stereocenters. The molecular formula is C12H19NaO3. The van der Waals surface area contributed by atoms with Gasteiger partial charge in [0, 0.05) is 6.42 Å². The Hall–Kier alpha value is -0.350. The topological polar surface area (TPSA) is 67.3 Å². The predicted molar refractivity (Wildman–Crippen MR) is 60.3 cm³/mol. The zero-order valence-corrected chi connectivity index (χ0v) is 12.3. The molecule has 0 spiro atoms. The van der Waals surface area contributed by atoms with Gasteiger partial charge in [0.25, 0.3) is 0 Å². The maximum Gasteiger partial charge on any atom is 1.00 e. The number of hydrogen-bond acceptors (Lipinski definition) is 2. The second-order valence-electron chi connectivity index (χ2n) is 3.15. The van der Waals surface area contributed by atoms with Gasteiger partial charge in [-0.1, -0.05) is 49.2 Å². The Morgan fingerprint density at radius 1 is 1.25 bits per heavy atom. The summed E-state index contributed by atoms with van der Waals surface area (Å²) in [4.78, 5) is 9.76. The van der Waals surface area contributed by atoms with Crippen molar-refractivity contribution in [1.29, 1.82) is 0 Å². The first-order chi connectivity index (χ1) is 6.66. The molecule has 0 saturated heterocycles. The molecule has 0 aliphatic heterocycles. The molecule has 0 amide bonds. The summed E-state index contributed by atoms with van der Waals surface area (Å²) in [6, 6.07) is 10.3. The Labute approximate surface area is 119 Å². The zero-order valence-electron chi connectivity index (χ0n) is 10.3. The molecular weight excluding hydrogens is 215 g/mol. The Balaban J connectivity index is -0.000000188. The maximum absolute atomic E-state index is 9.76. The van der Waals surface area contributed by atoms with Crippen LogP contribution in [0.25, 0.3) is 0 Å². The number of aryl methyl sites for hydroxylation is 1. The van der Waals surface area contributed by atoms with Crippen LogP contribution >= 0.6 is 0 Å². The van der Waals surface area contributed by atoms with E-state index < -0.39 is 5.97 Å². The number of carbonyl (C=O) groups is 1. The molecule has 0 heterocycles. The third kappa shape index (κ3) is 16.1. The molecule has 4 heteroatoms. The third-order valence-corrected chi connectivity index (χ3v) is 1.68. The van der Waals surface area contributed by atoms with Crippen LogP contribution in [0, 0.1) is 6.92 Å². The average molecular weight is 234 g/mol. The molecule has 1 aromatic carbocycles. The molecule has 0 aliphatic carbocycles. The summed E-state index contributed by atoms with van der Waals surface area (Å²) in [5.74, 6) is -0.693. The Bertz CT molecular complexity index is 250. The van der Waals surface area contributed by atoms with Crippen molar-refractivity contribution in [3.8, 4) is 0 Å². The van der Waals surface area contributed by atoms with E-state index in [9.17, 15) is 4.79 Å². The van der Waals surface area contributed by atoms with Gasteiger partial charge in [-0.25, -0.2) is 0 Å². The maximum atomic E-state index is 9.76. The van der Waals surface area contributed by atoms with Crippen LogP contribution in [0.1, 0.15) is 31.7 Å². The zero-order chi connectivity index (χ0) is 10.8. The summed E-state index contributed by atoms with van der Waals surface area (Å²) in [5, 5.41) is 8.04. The van der Waals surface area contributed by atoms with Crippen LogP contribution in [0.2, 0.25) is 0 Å². The van der Waals surface area contributed by atoms with Crippen LogP contribution in [0.4, 0.5) is 0 Å². The Morgan fingerprint density at radius 3 is 1.94 bits per heavy atom. The summed E-state index contributed by atoms with van der Waals surface area (Å²) in [7, 11) is 0. The van der Waals surface area contributed by atoms with E-state index >= 15 is 0 Å². The molecule has 2 N–H and O–H groups in total. The molecule has 0 fully saturated rings. The normalized spacial score (nSPS) is 7.62. The van der Waals surface area contributed by atoms with E-state index in [2.05, 4.69) is 19.1 Å². The molecule has 1 aromatic rings. The number of hydrogen-bond donors (Lipinski definition) is 1. The van der Waals surface area contributed by atoms with Gasteiger partial charge in [-0.15, -0.1) is 0 Å². The minimum absolute atomic E-state index is 0. The second kappa shape index (κ2) is 14.6. The van der Waals surface area contributed by atoms with Crippen molar-refractivity contribution in [3.05, 3.63) is 35.9 Å². The molecule has 3 nitrogen and oxygen atoms in total. The quantitative estimate of drug-likeness (QED) is 0.753. The smallest absolute Gasteiger partial charge is 0.870 e. The molecule has 0 saturated carbocycles. The van der Waals surface area contributed by atoms with Crippen molar-refractivity contribution in [2.24, 2.45) is 0 Å². The molecule has 0 aromatic heterocycles. The largest absolute Gasteiger partial charge is 1.00 e. The van der Waals surface area contributed by atoms with Gasteiger partial charge in [-0.05, 0) is 13.3 Å². The number of carboxylic acids is 1.